The molecule has 1 aromatic carbocycles. The SMILES string of the molecule is COc1ccc([N+](=O)[O-])c(N2CCC(C)C2C(=O)O)c1. The van der Waals surface area contributed by atoms with Crippen molar-refractivity contribution in [3.63, 3.8) is 0 Å². The average molecular weight is 280 g/mol. The van der Waals surface area contributed by atoms with E-state index in [0.29, 0.717) is 24.4 Å². The molecule has 7 heteroatoms. The molecule has 2 unspecified atom stereocenters. The van der Waals surface area contributed by atoms with E-state index in [1.165, 1.54) is 25.3 Å². The van der Waals surface area contributed by atoms with E-state index < -0.39 is 16.9 Å². The Morgan fingerprint density at radius 3 is 2.80 bits per heavy atom. The van der Waals surface area contributed by atoms with Crippen molar-refractivity contribution in [2.75, 3.05) is 18.6 Å². The smallest absolute Gasteiger partial charge is 0.326 e. The van der Waals surface area contributed by atoms with Crippen LogP contribution in [0.25, 0.3) is 0 Å². The normalized spacial score (nSPS) is 21.8. The van der Waals surface area contributed by atoms with Gasteiger partial charge < -0.3 is 14.7 Å². The molecule has 0 bridgehead atoms. The topological polar surface area (TPSA) is 92.9 Å². The highest BCUT2D eigenvalue weighted by Gasteiger charge is 2.39. The fraction of sp³-hybridized carbons (Fsp3) is 0.462. The van der Waals surface area contributed by atoms with Gasteiger partial charge in [0.1, 0.15) is 17.5 Å². The van der Waals surface area contributed by atoms with Gasteiger partial charge in [0.25, 0.3) is 5.69 Å². The van der Waals surface area contributed by atoms with Crippen LogP contribution in [0.4, 0.5) is 11.4 Å². The minimum Gasteiger partial charge on any atom is -0.497 e. The van der Waals surface area contributed by atoms with Crippen LogP contribution in [0, 0.1) is 16.0 Å². The van der Waals surface area contributed by atoms with Gasteiger partial charge in [-0.25, -0.2) is 4.79 Å². The zero-order valence-corrected chi connectivity index (χ0v) is 11.3. The zero-order chi connectivity index (χ0) is 14.9. The quantitative estimate of drug-likeness (QED) is 0.669. The number of methoxy groups -OCH3 is 1. The van der Waals surface area contributed by atoms with E-state index in [9.17, 15) is 20.0 Å². The van der Waals surface area contributed by atoms with E-state index in [1.807, 2.05) is 6.92 Å². The molecule has 1 saturated heterocycles. The molecular weight excluding hydrogens is 264 g/mol. The Morgan fingerprint density at radius 1 is 1.55 bits per heavy atom. The van der Waals surface area contributed by atoms with E-state index in [1.54, 1.807) is 4.90 Å². The summed E-state index contributed by atoms with van der Waals surface area (Å²) in [4.78, 5) is 23.6. The number of anilines is 1. The minimum absolute atomic E-state index is 0.0571. The first-order chi connectivity index (χ1) is 9.45. The van der Waals surface area contributed by atoms with Crippen LogP contribution in [-0.4, -0.2) is 35.7 Å². The second-order valence-corrected chi connectivity index (χ2v) is 4.85. The summed E-state index contributed by atoms with van der Waals surface area (Å²) in [7, 11) is 1.46. The van der Waals surface area contributed by atoms with Crippen LogP contribution < -0.4 is 9.64 Å². The van der Waals surface area contributed by atoms with Crippen molar-refractivity contribution in [1.29, 1.82) is 0 Å². The average Bonchev–Trinajstić information content (AvgIpc) is 2.79. The molecule has 0 saturated carbocycles. The first kappa shape index (κ1) is 14.1. The van der Waals surface area contributed by atoms with E-state index in [4.69, 9.17) is 4.74 Å². The van der Waals surface area contributed by atoms with Gasteiger partial charge in [0.2, 0.25) is 0 Å². The Kier molecular flexibility index (Phi) is 3.78. The summed E-state index contributed by atoms with van der Waals surface area (Å²) in [6, 6.07) is 3.61. The summed E-state index contributed by atoms with van der Waals surface area (Å²) in [5.41, 5.74) is 0.192. The second kappa shape index (κ2) is 5.36. The fourth-order valence-electron chi connectivity index (χ4n) is 2.61. The Hall–Kier alpha value is -2.31. The molecule has 1 fully saturated rings. The van der Waals surface area contributed by atoms with Crippen molar-refractivity contribution in [3.8, 4) is 5.75 Å². The molecule has 1 aliphatic rings. The molecule has 1 aromatic rings. The van der Waals surface area contributed by atoms with E-state index in [2.05, 4.69) is 0 Å². The standard InChI is InChI=1S/C13H16N2O5/c1-8-5-6-14(12(8)13(16)17)11-7-9(20-2)3-4-10(11)15(18)19/h3-4,7-8,12H,5-6H2,1-2H3,(H,16,17). The summed E-state index contributed by atoms with van der Waals surface area (Å²) < 4.78 is 5.08. The molecule has 20 heavy (non-hydrogen) atoms. The summed E-state index contributed by atoms with van der Waals surface area (Å²) in [5.74, 6) is -0.556. The van der Waals surface area contributed by atoms with Crippen LogP contribution in [0.3, 0.4) is 0 Å². The lowest BCUT2D eigenvalue weighted by molar-refractivity contribution is -0.384. The predicted octanol–water partition coefficient (Wildman–Crippen LogP) is 1.90. The maximum atomic E-state index is 11.4. The first-order valence-corrected chi connectivity index (χ1v) is 6.27. The summed E-state index contributed by atoms with van der Waals surface area (Å²) in [5, 5.41) is 20.5. The monoisotopic (exact) mass is 280 g/mol. The predicted molar refractivity (Wildman–Crippen MR) is 72.2 cm³/mol. The van der Waals surface area contributed by atoms with Gasteiger partial charge in [0.15, 0.2) is 0 Å². The molecule has 0 spiro atoms. The van der Waals surface area contributed by atoms with Crippen LogP contribution in [-0.2, 0) is 4.79 Å². The van der Waals surface area contributed by atoms with Crippen molar-refractivity contribution >= 4 is 17.3 Å². The summed E-state index contributed by atoms with van der Waals surface area (Å²) in [6.45, 7) is 2.32. The van der Waals surface area contributed by atoms with Crippen LogP contribution in [0.2, 0.25) is 0 Å². The first-order valence-electron chi connectivity index (χ1n) is 6.27. The van der Waals surface area contributed by atoms with Gasteiger partial charge >= 0.3 is 5.97 Å². The lowest BCUT2D eigenvalue weighted by Gasteiger charge is -2.25. The number of nitro groups is 1. The highest BCUT2D eigenvalue weighted by Crippen LogP contribution is 2.38. The van der Waals surface area contributed by atoms with Crippen LogP contribution in [0.1, 0.15) is 13.3 Å². The number of nitro benzene ring substituents is 1. The third-order valence-corrected chi connectivity index (χ3v) is 3.64. The lowest BCUT2D eigenvalue weighted by Crippen LogP contribution is -2.39. The molecule has 1 N–H and O–H groups in total. The Morgan fingerprint density at radius 2 is 2.25 bits per heavy atom. The van der Waals surface area contributed by atoms with Gasteiger partial charge in [-0.15, -0.1) is 0 Å². The third kappa shape index (κ3) is 2.38. The maximum absolute atomic E-state index is 11.4. The molecule has 0 aromatic heterocycles. The molecule has 1 heterocycles. The van der Waals surface area contributed by atoms with Crippen LogP contribution in [0.5, 0.6) is 5.75 Å². The maximum Gasteiger partial charge on any atom is 0.326 e. The van der Waals surface area contributed by atoms with Gasteiger partial charge in [-0.2, -0.15) is 0 Å². The Bertz CT molecular complexity index is 546. The van der Waals surface area contributed by atoms with E-state index >= 15 is 0 Å². The van der Waals surface area contributed by atoms with Gasteiger partial charge in [-0.05, 0) is 18.4 Å². The number of nitrogens with zero attached hydrogens (tertiary/aromatic N) is 2. The van der Waals surface area contributed by atoms with Gasteiger partial charge in [-0.1, -0.05) is 6.92 Å². The number of aliphatic carboxylic acids is 1. The van der Waals surface area contributed by atoms with Crippen molar-refractivity contribution < 1.29 is 19.6 Å². The number of ether oxygens (including phenoxy) is 1. The molecule has 0 aliphatic carbocycles. The molecule has 7 nitrogen and oxygen atoms in total. The third-order valence-electron chi connectivity index (χ3n) is 3.64. The van der Waals surface area contributed by atoms with Crippen molar-refractivity contribution in [2.24, 2.45) is 5.92 Å². The highest BCUT2D eigenvalue weighted by atomic mass is 16.6. The van der Waals surface area contributed by atoms with Crippen molar-refractivity contribution in [1.82, 2.24) is 0 Å². The van der Waals surface area contributed by atoms with Crippen LogP contribution in [0.15, 0.2) is 18.2 Å². The number of carbonyl (C=O) groups is 1. The molecule has 0 radical (unpaired) electrons. The Labute approximate surface area is 115 Å². The molecule has 2 rings (SSSR count). The Balaban J connectivity index is 2.49. The summed E-state index contributed by atoms with van der Waals surface area (Å²) >= 11 is 0. The number of carboxylic acids is 1. The van der Waals surface area contributed by atoms with Crippen molar-refractivity contribution in [3.05, 3.63) is 28.3 Å². The molecular formula is C13H16N2O5. The largest absolute Gasteiger partial charge is 0.497 e. The van der Waals surface area contributed by atoms with Crippen molar-refractivity contribution in [2.45, 2.75) is 19.4 Å². The molecule has 1 aliphatic heterocycles. The summed E-state index contributed by atoms with van der Waals surface area (Å²) in [6.07, 6.45) is 0.686. The van der Waals surface area contributed by atoms with Gasteiger partial charge in [0.05, 0.1) is 12.0 Å². The van der Waals surface area contributed by atoms with Gasteiger partial charge in [-0.3, -0.25) is 10.1 Å². The van der Waals surface area contributed by atoms with E-state index in [-0.39, 0.29) is 11.6 Å². The molecule has 2 atom stereocenters. The van der Waals surface area contributed by atoms with Crippen LogP contribution >= 0.6 is 0 Å². The fourth-order valence-corrected chi connectivity index (χ4v) is 2.61. The minimum atomic E-state index is -0.966. The number of hydrogen-bond acceptors (Lipinski definition) is 5. The number of carboxylic acid groups (broad SMARTS) is 1. The number of rotatable bonds is 4. The second-order valence-electron chi connectivity index (χ2n) is 4.85. The molecule has 0 amide bonds. The van der Waals surface area contributed by atoms with Gasteiger partial charge in [0, 0.05) is 18.7 Å². The van der Waals surface area contributed by atoms with E-state index in [0.717, 1.165) is 0 Å². The lowest BCUT2D eigenvalue weighted by atomic mass is 10.0. The zero-order valence-electron chi connectivity index (χ0n) is 11.3. The molecule has 108 valence electrons. The number of benzene rings is 1. The highest BCUT2D eigenvalue weighted by molar-refractivity contribution is 5.81. The number of hydrogen-bond donors (Lipinski definition) is 1.